The molecule has 2 unspecified atom stereocenters. The summed E-state index contributed by atoms with van der Waals surface area (Å²) in [5.41, 5.74) is 0. The zero-order valence-corrected chi connectivity index (χ0v) is 5.82. The molecule has 10 heavy (non-hydrogen) atoms. The van der Waals surface area contributed by atoms with Gasteiger partial charge in [-0.3, -0.25) is 4.79 Å². The largest absolute Gasteiger partial charge is 0.481 e. The Morgan fingerprint density at radius 1 is 1.40 bits per heavy atom. The lowest BCUT2D eigenvalue weighted by molar-refractivity contribution is -0.141. The Hall–Kier alpha value is -0.610. The number of aliphatic carboxylic acids is 1. The van der Waals surface area contributed by atoms with E-state index >= 15 is 0 Å². The van der Waals surface area contributed by atoms with Crippen LogP contribution in [0.1, 0.15) is 19.8 Å². The van der Waals surface area contributed by atoms with Crippen LogP contribution in [-0.2, 0) is 4.79 Å². The quantitative estimate of drug-likeness (QED) is 0.506. The first-order chi connectivity index (χ1) is 4.57. The molecule has 0 fully saturated rings. The minimum absolute atomic E-state index is 0.369. The SMILES string of the molecule is CCC(O)C(O)CC(=O)O. The molecule has 0 bridgehead atoms. The Kier molecular flexibility index (Phi) is 3.99. The molecule has 0 saturated carbocycles. The van der Waals surface area contributed by atoms with Crippen molar-refractivity contribution in [1.29, 1.82) is 0 Å². The molecular weight excluding hydrogens is 136 g/mol. The molecule has 2 atom stereocenters. The summed E-state index contributed by atoms with van der Waals surface area (Å²) in [4.78, 5) is 9.96. The topological polar surface area (TPSA) is 77.8 Å². The molecule has 4 nitrogen and oxygen atoms in total. The van der Waals surface area contributed by atoms with Crippen LogP contribution in [-0.4, -0.2) is 33.5 Å². The van der Waals surface area contributed by atoms with Crippen molar-refractivity contribution in [3.05, 3.63) is 0 Å². The summed E-state index contributed by atoms with van der Waals surface area (Å²) in [6.45, 7) is 1.68. The highest BCUT2D eigenvalue weighted by atomic mass is 16.4. The summed E-state index contributed by atoms with van der Waals surface area (Å²) in [7, 11) is 0. The molecule has 0 spiro atoms. The molecule has 0 aromatic rings. The van der Waals surface area contributed by atoms with Gasteiger partial charge in [-0.2, -0.15) is 0 Å². The summed E-state index contributed by atoms with van der Waals surface area (Å²) in [6, 6.07) is 0. The van der Waals surface area contributed by atoms with Gasteiger partial charge >= 0.3 is 5.97 Å². The van der Waals surface area contributed by atoms with Gasteiger partial charge in [0.25, 0.3) is 0 Å². The fourth-order valence-corrected chi connectivity index (χ4v) is 0.587. The van der Waals surface area contributed by atoms with Crippen molar-refractivity contribution in [2.75, 3.05) is 0 Å². The van der Waals surface area contributed by atoms with E-state index in [2.05, 4.69) is 0 Å². The molecule has 0 heterocycles. The third-order valence-electron chi connectivity index (χ3n) is 1.25. The van der Waals surface area contributed by atoms with Crippen molar-refractivity contribution < 1.29 is 20.1 Å². The predicted octanol–water partition coefficient (Wildman–Crippen LogP) is -0.407. The van der Waals surface area contributed by atoms with Crippen molar-refractivity contribution in [3.63, 3.8) is 0 Å². The molecule has 3 N–H and O–H groups in total. The van der Waals surface area contributed by atoms with E-state index in [1.54, 1.807) is 6.92 Å². The van der Waals surface area contributed by atoms with Crippen molar-refractivity contribution in [3.8, 4) is 0 Å². The molecule has 0 aromatic heterocycles. The number of aliphatic hydroxyl groups is 2. The van der Waals surface area contributed by atoms with Gasteiger partial charge in [-0.05, 0) is 6.42 Å². The number of carboxylic acids is 1. The monoisotopic (exact) mass is 148 g/mol. The van der Waals surface area contributed by atoms with Gasteiger partial charge in [0, 0.05) is 0 Å². The van der Waals surface area contributed by atoms with Gasteiger partial charge in [0.1, 0.15) is 0 Å². The Labute approximate surface area is 59.1 Å². The van der Waals surface area contributed by atoms with Crippen molar-refractivity contribution in [1.82, 2.24) is 0 Å². The second-order valence-electron chi connectivity index (χ2n) is 2.14. The van der Waals surface area contributed by atoms with E-state index in [1.807, 2.05) is 0 Å². The normalized spacial score (nSPS) is 16.3. The van der Waals surface area contributed by atoms with Gasteiger partial charge < -0.3 is 15.3 Å². The molecule has 0 aliphatic rings. The number of carboxylic acid groups (broad SMARTS) is 1. The Morgan fingerprint density at radius 2 is 1.90 bits per heavy atom. The van der Waals surface area contributed by atoms with Crippen molar-refractivity contribution in [2.24, 2.45) is 0 Å². The third-order valence-corrected chi connectivity index (χ3v) is 1.25. The first-order valence-corrected chi connectivity index (χ1v) is 3.15. The maximum atomic E-state index is 9.96. The average Bonchev–Trinajstić information content (AvgIpc) is 1.85. The van der Waals surface area contributed by atoms with Gasteiger partial charge in [0.15, 0.2) is 0 Å². The lowest BCUT2D eigenvalue weighted by Gasteiger charge is -2.12. The number of hydrogen-bond acceptors (Lipinski definition) is 3. The molecule has 4 heteroatoms. The molecular formula is C6H12O4. The maximum Gasteiger partial charge on any atom is 0.306 e. The van der Waals surface area contributed by atoms with Crippen LogP contribution < -0.4 is 0 Å². The van der Waals surface area contributed by atoms with E-state index in [0.717, 1.165) is 0 Å². The van der Waals surface area contributed by atoms with Crippen LogP contribution in [0, 0.1) is 0 Å². The lowest BCUT2D eigenvalue weighted by atomic mass is 10.1. The molecule has 0 saturated heterocycles. The second-order valence-corrected chi connectivity index (χ2v) is 2.14. The number of rotatable bonds is 4. The molecule has 0 amide bonds. The molecule has 0 aliphatic carbocycles. The molecule has 0 aliphatic heterocycles. The van der Waals surface area contributed by atoms with E-state index in [1.165, 1.54) is 0 Å². The highest BCUT2D eigenvalue weighted by molar-refractivity contribution is 5.67. The molecule has 60 valence electrons. The zero-order valence-electron chi connectivity index (χ0n) is 5.82. The van der Waals surface area contributed by atoms with Gasteiger partial charge in [0.05, 0.1) is 18.6 Å². The van der Waals surface area contributed by atoms with Crippen molar-refractivity contribution >= 4 is 5.97 Å². The number of carbonyl (C=O) groups is 1. The number of hydrogen-bond donors (Lipinski definition) is 3. The number of aliphatic hydroxyl groups excluding tert-OH is 2. The third kappa shape index (κ3) is 3.42. The Bertz CT molecular complexity index is 112. The first-order valence-electron chi connectivity index (χ1n) is 3.15. The smallest absolute Gasteiger partial charge is 0.306 e. The lowest BCUT2D eigenvalue weighted by Crippen LogP contribution is -2.27. The van der Waals surface area contributed by atoms with E-state index in [0.29, 0.717) is 6.42 Å². The Morgan fingerprint density at radius 3 is 2.20 bits per heavy atom. The predicted molar refractivity (Wildman–Crippen MR) is 34.6 cm³/mol. The van der Waals surface area contributed by atoms with Crippen LogP contribution in [0.25, 0.3) is 0 Å². The van der Waals surface area contributed by atoms with Gasteiger partial charge in [0.2, 0.25) is 0 Å². The average molecular weight is 148 g/mol. The summed E-state index contributed by atoms with van der Waals surface area (Å²) >= 11 is 0. The van der Waals surface area contributed by atoms with Gasteiger partial charge in [-0.15, -0.1) is 0 Å². The van der Waals surface area contributed by atoms with Crippen LogP contribution >= 0.6 is 0 Å². The minimum Gasteiger partial charge on any atom is -0.481 e. The van der Waals surface area contributed by atoms with Crippen LogP contribution in [0.3, 0.4) is 0 Å². The fraction of sp³-hybridized carbons (Fsp3) is 0.833. The Balaban J connectivity index is 3.61. The second kappa shape index (κ2) is 4.24. The van der Waals surface area contributed by atoms with Crippen LogP contribution in [0.15, 0.2) is 0 Å². The zero-order chi connectivity index (χ0) is 8.15. The molecule has 0 radical (unpaired) electrons. The van der Waals surface area contributed by atoms with E-state index < -0.39 is 24.6 Å². The minimum atomic E-state index is -1.14. The highest BCUT2D eigenvalue weighted by Gasteiger charge is 2.16. The van der Waals surface area contributed by atoms with Gasteiger partial charge in [-0.1, -0.05) is 6.92 Å². The fourth-order valence-electron chi connectivity index (χ4n) is 0.587. The molecule has 0 rings (SSSR count). The van der Waals surface area contributed by atoms with Gasteiger partial charge in [-0.25, -0.2) is 0 Å². The van der Waals surface area contributed by atoms with Crippen molar-refractivity contribution in [2.45, 2.75) is 32.0 Å². The van der Waals surface area contributed by atoms with E-state index in [-0.39, 0.29) is 0 Å². The highest BCUT2D eigenvalue weighted by Crippen LogP contribution is 2.01. The summed E-state index contributed by atoms with van der Waals surface area (Å²) < 4.78 is 0. The van der Waals surface area contributed by atoms with E-state index in [4.69, 9.17) is 15.3 Å². The summed E-state index contributed by atoms with van der Waals surface area (Å²) in [6.07, 6.45) is -2.08. The maximum absolute atomic E-state index is 9.96. The van der Waals surface area contributed by atoms with Crippen LogP contribution in [0.2, 0.25) is 0 Å². The standard InChI is InChI=1S/C6H12O4/c1-2-4(7)5(8)3-6(9)10/h4-5,7-8H,2-3H2,1H3,(H,9,10). The van der Waals surface area contributed by atoms with Crippen LogP contribution in [0.4, 0.5) is 0 Å². The molecule has 0 aromatic carbocycles. The van der Waals surface area contributed by atoms with E-state index in [9.17, 15) is 4.79 Å². The summed E-state index contributed by atoms with van der Waals surface area (Å²) in [5, 5.41) is 25.9. The summed E-state index contributed by atoms with van der Waals surface area (Å²) in [5.74, 6) is -1.10. The van der Waals surface area contributed by atoms with Crippen LogP contribution in [0.5, 0.6) is 0 Å². The first kappa shape index (κ1) is 9.39.